The number of rotatable bonds is 7. The summed E-state index contributed by atoms with van der Waals surface area (Å²) >= 11 is 1.87. The fraction of sp³-hybridized carbons (Fsp3) is 0.0323. The molecule has 0 saturated carbocycles. The van der Waals surface area contributed by atoms with Gasteiger partial charge in [-0.3, -0.25) is 0 Å². The van der Waals surface area contributed by atoms with Crippen LogP contribution in [0, 0.1) is 0 Å². The SMILES string of the molecule is CC1(c2cccc(-c3ccc(N(c4cccc([Si]5(c6ccccc6)c6ccccc6-c6ccccc65)c4)c4ccc5c(c4)sc4ccccc45)cc3)c2)c2ccccc2-c2ccccc21. The normalized spacial score (nSPS) is 13.9. The third-order valence-corrected chi connectivity index (χ3v) is 20.4. The maximum Gasteiger partial charge on any atom is 0.180 e. The van der Waals surface area contributed by atoms with Gasteiger partial charge in [0, 0.05) is 42.6 Å². The van der Waals surface area contributed by atoms with Crippen LogP contribution in [0.25, 0.3) is 53.6 Å². The Labute approximate surface area is 385 Å². The monoisotopic (exact) mass is 861 g/mol. The van der Waals surface area contributed by atoms with Crippen molar-refractivity contribution in [2.45, 2.75) is 12.3 Å². The van der Waals surface area contributed by atoms with Gasteiger partial charge in [0.15, 0.2) is 8.07 Å². The van der Waals surface area contributed by atoms with Gasteiger partial charge in [-0.25, -0.2) is 0 Å². The summed E-state index contributed by atoms with van der Waals surface area (Å²) in [5, 5.41) is 8.29. The van der Waals surface area contributed by atoms with Gasteiger partial charge in [-0.2, -0.15) is 0 Å². The van der Waals surface area contributed by atoms with Gasteiger partial charge in [0.2, 0.25) is 0 Å². The zero-order valence-electron chi connectivity index (χ0n) is 35.9. The summed E-state index contributed by atoms with van der Waals surface area (Å²) in [6.07, 6.45) is 0. The lowest BCUT2D eigenvalue weighted by molar-refractivity contribution is 0.714. The first-order valence-electron chi connectivity index (χ1n) is 22.6. The van der Waals surface area contributed by atoms with Crippen molar-refractivity contribution in [3.05, 3.63) is 259 Å². The van der Waals surface area contributed by atoms with Gasteiger partial charge in [-0.15, -0.1) is 11.3 Å². The summed E-state index contributed by atoms with van der Waals surface area (Å²) in [6.45, 7) is 2.40. The van der Waals surface area contributed by atoms with E-state index >= 15 is 0 Å². The molecule has 0 unspecified atom stereocenters. The number of benzene rings is 10. The highest BCUT2D eigenvalue weighted by Crippen LogP contribution is 2.52. The summed E-state index contributed by atoms with van der Waals surface area (Å²) in [6, 6.07) is 91.2. The number of anilines is 3. The van der Waals surface area contributed by atoms with Crippen molar-refractivity contribution in [3.63, 3.8) is 0 Å². The van der Waals surface area contributed by atoms with E-state index in [0.717, 1.165) is 17.1 Å². The van der Waals surface area contributed by atoms with Crippen LogP contribution in [0.1, 0.15) is 23.6 Å². The minimum atomic E-state index is -2.72. The fourth-order valence-corrected chi connectivity index (χ4v) is 17.8. The van der Waals surface area contributed by atoms with Crippen molar-refractivity contribution >= 4 is 77.4 Å². The molecule has 0 saturated heterocycles. The molecule has 2 heterocycles. The Balaban J connectivity index is 0.966. The number of nitrogens with zero attached hydrogens (tertiary/aromatic N) is 1. The highest BCUT2D eigenvalue weighted by molar-refractivity contribution is 7.26. The molecule has 0 amide bonds. The molecule has 2 aliphatic rings. The Morgan fingerprint density at radius 2 is 0.923 bits per heavy atom. The highest BCUT2D eigenvalue weighted by atomic mass is 32.1. The van der Waals surface area contributed by atoms with E-state index in [-0.39, 0.29) is 5.41 Å². The first kappa shape index (κ1) is 37.9. The molecule has 1 aromatic heterocycles. The van der Waals surface area contributed by atoms with Crippen LogP contribution < -0.4 is 25.6 Å². The first-order valence-corrected chi connectivity index (χ1v) is 25.4. The molecule has 0 atom stereocenters. The molecular formula is C62H43NSSi. The van der Waals surface area contributed by atoms with E-state index in [2.05, 4.69) is 254 Å². The van der Waals surface area contributed by atoms with Gasteiger partial charge in [0.25, 0.3) is 0 Å². The highest BCUT2D eigenvalue weighted by Gasteiger charge is 2.48. The molecule has 1 aliphatic heterocycles. The van der Waals surface area contributed by atoms with Gasteiger partial charge < -0.3 is 4.90 Å². The largest absolute Gasteiger partial charge is 0.310 e. The second-order valence-corrected chi connectivity index (χ2v) is 22.5. The smallest absolute Gasteiger partial charge is 0.180 e. The second-order valence-electron chi connectivity index (χ2n) is 17.7. The van der Waals surface area contributed by atoms with E-state index in [4.69, 9.17) is 0 Å². The summed E-state index contributed by atoms with van der Waals surface area (Å²) in [4.78, 5) is 2.47. The molecule has 13 rings (SSSR count). The van der Waals surface area contributed by atoms with Gasteiger partial charge in [0.05, 0.1) is 0 Å². The molecule has 0 N–H and O–H groups in total. The summed E-state index contributed by atoms with van der Waals surface area (Å²) in [5.41, 5.74) is 15.0. The van der Waals surface area contributed by atoms with Crippen molar-refractivity contribution in [2.75, 3.05) is 4.90 Å². The quantitative estimate of drug-likeness (QED) is 0.144. The lowest BCUT2D eigenvalue weighted by Gasteiger charge is -2.33. The summed E-state index contributed by atoms with van der Waals surface area (Å²) < 4.78 is 2.60. The summed E-state index contributed by atoms with van der Waals surface area (Å²) in [5.74, 6) is 0. The lowest BCUT2D eigenvalue weighted by Crippen LogP contribution is -2.72. The summed E-state index contributed by atoms with van der Waals surface area (Å²) in [7, 11) is -2.72. The van der Waals surface area contributed by atoms with Crippen LogP contribution in [0.4, 0.5) is 17.1 Å². The van der Waals surface area contributed by atoms with E-state index in [0.29, 0.717) is 0 Å². The average molecular weight is 862 g/mol. The standard InChI is InChI=1S/C62H43NSSi/c1-62(56-28-10-5-23-50(56)51-24-6-11-29-57(51)62)44-18-15-17-43(39-44)42-33-35-45(36-34-42)63(47-37-38-53-52-25-7-12-30-58(52)64-59(53)41-47)46-19-16-22-49(40-46)65(48-20-3-2-4-21-48)60-31-13-8-26-54(60)55-27-9-14-32-61(55)65/h2-41H,1H3. The molecule has 11 aromatic rings. The van der Waals surface area contributed by atoms with Crippen LogP contribution in [0.2, 0.25) is 0 Å². The number of hydrogen-bond acceptors (Lipinski definition) is 2. The first-order chi connectivity index (χ1) is 32.1. The van der Waals surface area contributed by atoms with Crippen LogP contribution in [0.3, 0.4) is 0 Å². The predicted molar refractivity (Wildman–Crippen MR) is 279 cm³/mol. The average Bonchev–Trinajstić information content (AvgIpc) is 3.99. The minimum Gasteiger partial charge on any atom is -0.310 e. The molecule has 65 heavy (non-hydrogen) atoms. The van der Waals surface area contributed by atoms with E-state index < -0.39 is 8.07 Å². The Kier molecular flexibility index (Phi) is 8.61. The van der Waals surface area contributed by atoms with Crippen LogP contribution in [-0.2, 0) is 5.41 Å². The van der Waals surface area contributed by atoms with Crippen molar-refractivity contribution in [1.82, 2.24) is 0 Å². The Morgan fingerprint density at radius 1 is 0.369 bits per heavy atom. The molecular weight excluding hydrogens is 819 g/mol. The van der Waals surface area contributed by atoms with Gasteiger partial charge in [-0.1, -0.05) is 194 Å². The van der Waals surface area contributed by atoms with Crippen molar-refractivity contribution in [2.24, 2.45) is 0 Å². The number of fused-ring (bicyclic) bond motifs is 9. The van der Waals surface area contributed by atoms with Crippen LogP contribution in [0.15, 0.2) is 243 Å². The maximum atomic E-state index is 2.50. The van der Waals surface area contributed by atoms with Gasteiger partial charge >= 0.3 is 0 Å². The number of hydrogen-bond donors (Lipinski definition) is 0. The molecule has 0 fully saturated rings. The van der Waals surface area contributed by atoms with E-state index in [1.807, 2.05) is 11.3 Å². The lowest BCUT2D eigenvalue weighted by atomic mass is 9.74. The molecule has 0 radical (unpaired) electrons. The maximum absolute atomic E-state index is 2.72. The van der Waals surface area contributed by atoms with E-state index in [1.54, 1.807) is 0 Å². The topological polar surface area (TPSA) is 3.24 Å². The van der Waals surface area contributed by atoms with Crippen molar-refractivity contribution in [1.29, 1.82) is 0 Å². The van der Waals surface area contributed by atoms with Gasteiger partial charge in [-0.05, 0) is 126 Å². The third kappa shape index (κ3) is 5.62. The molecule has 1 aliphatic carbocycles. The van der Waals surface area contributed by atoms with Crippen LogP contribution in [-0.4, -0.2) is 8.07 Å². The zero-order valence-corrected chi connectivity index (χ0v) is 37.8. The van der Waals surface area contributed by atoms with Crippen molar-refractivity contribution in [3.8, 4) is 33.4 Å². The minimum absolute atomic E-state index is 0.253. The van der Waals surface area contributed by atoms with E-state index in [1.165, 1.54) is 91.0 Å². The Hall–Kier alpha value is -7.56. The number of thiophene rings is 1. The molecule has 3 heteroatoms. The van der Waals surface area contributed by atoms with Crippen LogP contribution >= 0.6 is 11.3 Å². The Bertz CT molecular complexity index is 3550. The second kappa shape index (κ2) is 14.8. The molecule has 306 valence electrons. The third-order valence-electron chi connectivity index (χ3n) is 14.4. The molecule has 1 nitrogen and oxygen atoms in total. The zero-order chi connectivity index (χ0) is 43.1. The van der Waals surface area contributed by atoms with Crippen molar-refractivity contribution < 1.29 is 0 Å². The molecule has 10 aromatic carbocycles. The predicted octanol–water partition coefficient (Wildman–Crippen LogP) is 13.9. The molecule has 0 spiro atoms. The van der Waals surface area contributed by atoms with E-state index in [9.17, 15) is 0 Å². The fourth-order valence-electron chi connectivity index (χ4n) is 11.5. The van der Waals surface area contributed by atoms with Crippen LogP contribution in [0.5, 0.6) is 0 Å². The Morgan fingerprint density at radius 3 is 1.65 bits per heavy atom. The molecule has 0 bridgehead atoms. The van der Waals surface area contributed by atoms with Gasteiger partial charge in [0.1, 0.15) is 0 Å².